The number of hydrogen-bond donors (Lipinski definition) is 1. The maximum Gasteiger partial charge on any atom is 0.333 e. The molecule has 5 nitrogen and oxygen atoms in total. The van der Waals surface area contributed by atoms with Crippen LogP contribution in [0, 0.1) is 0 Å². The molecule has 0 unspecified atom stereocenters. The van der Waals surface area contributed by atoms with E-state index in [0.717, 1.165) is 0 Å². The summed E-state index contributed by atoms with van der Waals surface area (Å²) in [5.41, 5.74) is 0.497. The van der Waals surface area contributed by atoms with Crippen LogP contribution in [0.1, 0.15) is 20.8 Å². The molecule has 0 bridgehead atoms. The Labute approximate surface area is 103 Å². The number of nitrogens with one attached hydrogen (secondary N) is 1. The smallest absolute Gasteiger partial charge is 0.333 e. The first kappa shape index (κ1) is 16.1. The summed E-state index contributed by atoms with van der Waals surface area (Å²) in [7, 11) is -1.78. The summed E-state index contributed by atoms with van der Waals surface area (Å²) in [5, 5.41) is 2.98. The second-order valence-electron chi connectivity index (χ2n) is 4.54. The highest BCUT2D eigenvalue weighted by atomic mass is 32.2. The fraction of sp³-hybridized carbons (Fsp3) is 0.727. The molecule has 0 aromatic rings. The van der Waals surface area contributed by atoms with Gasteiger partial charge in [0.05, 0.1) is 11.9 Å². The number of esters is 1. The maximum absolute atomic E-state index is 11.4. The third-order valence-electron chi connectivity index (χ3n) is 2.61. The Morgan fingerprint density at radius 3 is 2.35 bits per heavy atom. The van der Waals surface area contributed by atoms with Crippen molar-refractivity contribution in [1.82, 2.24) is 5.32 Å². The predicted molar refractivity (Wildman–Crippen MR) is 67.6 cm³/mol. The highest BCUT2D eigenvalue weighted by Gasteiger charge is 2.29. The van der Waals surface area contributed by atoms with Crippen LogP contribution in [0.15, 0.2) is 11.6 Å². The Morgan fingerprint density at radius 1 is 1.41 bits per heavy atom. The predicted octanol–water partition coefficient (Wildman–Crippen LogP) is 0.518. The van der Waals surface area contributed by atoms with Crippen molar-refractivity contribution in [3.8, 4) is 0 Å². The fourth-order valence-corrected chi connectivity index (χ4v) is 1.34. The number of methoxy groups -OCH3 is 1. The Bertz CT molecular complexity index is 396. The molecule has 0 aliphatic rings. The molecule has 0 aromatic heterocycles. The summed E-state index contributed by atoms with van der Waals surface area (Å²) in [5.74, 6) is -0.380. The Hall–Kier alpha value is -0.880. The van der Waals surface area contributed by atoms with E-state index in [-0.39, 0.29) is 5.97 Å². The molecule has 6 heteroatoms. The summed E-state index contributed by atoms with van der Waals surface area (Å²) in [6, 6.07) is 0. The molecular formula is C11H21NO4S. The van der Waals surface area contributed by atoms with E-state index in [9.17, 15) is 13.2 Å². The monoisotopic (exact) mass is 263 g/mol. The first-order valence-corrected chi connectivity index (χ1v) is 7.16. The van der Waals surface area contributed by atoms with Crippen molar-refractivity contribution in [1.29, 1.82) is 0 Å². The van der Waals surface area contributed by atoms with Crippen LogP contribution < -0.4 is 5.32 Å². The molecule has 0 fully saturated rings. The third-order valence-corrected chi connectivity index (χ3v) is 4.77. The van der Waals surface area contributed by atoms with Crippen molar-refractivity contribution in [2.24, 2.45) is 0 Å². The average molecular weight is 263 g/mol. The van der Waals surface area contributed by atoms with Gasteiger partial charge in [0.2, 0.25) is 0 Å². The topological polar surface area (TPSA) is 72.5 Å². The van der Waals surface area contributed by atoms with Gasteiger partial charge in [-0.3, -0.25) is 0 Å². The van der Waals surface area contributed by atoms with E-state index in [1.165, 1.54) is 13.4 Å². The van der Waals surface area contributed by atoms with Crippen molar-refractivity contribution in [3.63, 3.8) is 0 Å². The van der Waals surface area contributed by atoms with Gasteiger partial charge in [0, 0.05) is 24.9 Å². The summed E-state index contributed by atoms with van der Waals surface area (Å²) in [4.78, 5) is 11.0. The lowest BCUT2D eigenvalue weighted by atomic mass is 10.2. The van der Waals surface area contributed by atoms with Gasteiger partial charge in [0.1, 0.15) is 0 Å². The van der Waals surface area contributed by atoms with Crippen LogP contribution in [-0.2, 0) is 19.4 Å². The van der Waals surface area contributed by atoms with E-state index in [0.29, 0.717) is 18.7 Å². The second kappa shape index (κ2) is 6.16. The molecule has 0 rings (SSSR count). The molecule has 0 atom stereocenters. The van der Waals surface area contributed by atoms with Gasteiger partial charge in [-0.15, -0.1) is 0 Å². The molecule has 0 aliphatic heterocycles. The molecule has 0 saturated heterocycles. The number of carbonyl (C=O) groups is 1. The highest BCUT2D eigenvalue weighted by molar-refractivity contribution is 7.92. The molecule has 100 valence electrons. The quantitative estimate of drug-likeness (QED) is 0.430. The minimum Gasteiger partial charge on any atom is -0.466 e. The Kier molecular flexibility index (Phi) is 5.84. The van der Waals surface area contributed by atoms with Crippen molar-refractivity contribution >= 4 is 15.8 Å². The molecular weight excluding hydrogens is 242 g/mol. The molecule has 17 heavy (non-hydrogen) atoms. The van der Waals surface area contributed by atoms with Crippen LogP contribution in [0.4, 0.5) is 0 Å². The van der Waals surface area contributed by atoms with E-state index < -0.39 is 14.6 Å². The van der Waals surface area contributed by atoms with Gasteiger partial charge < -0.3 is 10.1 Å². The number of sulfone groups is 1. The third kappa shape index (κ3) is 5.32. The minimum atomic E-state index is -3.10. The highest BCUT2D eigenvalue weighted by Crippen LogP contribution is 2.13. The van der Waals surface area contributed by atoms with Crippen LogP contribution in [0.5, 0.6) is 0 Å². The molecule has 0 amide bonds. The first-order chi connectivity index (χ1) is 7.62. The summed E-state index contributed by atoms with van der Waals surface area (Å²) in [6.07, 6.45) is 2.88. The van der Waals surface area contributed by atoms with Gasteiger partial charge in [-0.1, -0.05) is 6.08 Å². The molecule has 0 aliphatic carbocycles. The molecule has 0 saturated carbocycles. The zero-order valence-corrected chi connectivity index (χ0v) is 11.8. The number of rotatable bonds is 6. The lowest BCUT2D eigenvalue weighted by Gasteiger charge is -2.22. The van der Waals surface area contributed by atoms with E-state index in [2.05, 4.69) is 10.1 Å². The Morgan fingerprint density at radius 2 is 1.94 bits per heavy atom. The van der Waals surface area contributed by atoms with Crippen LogP contribution in [-0.4, -0.2) is 45.6 Å². The molecule has 0 heterocycles. The lowest BCUT2D eigenvalue weighted by molar-refractivity contribution is -0.136. The Balaban J connectivity index is 4.23. The van der Waals surface area contributed by atoms with Crippen LogP contribution in [0.2, 0.25) is 0 Å². The summed E-state index contributed by atoms with van der Waals surface area (Å²) in [6.45, 7) is 5.73. The summed E-state index contributed by atoms with van der Waals surface area (Å²) < 4.78 is 26.5. The van der Waals surface area contributed by atoms with Crippen LogP contribution in [0.25, 0.3) is 0 Å². The molecule has 0 radical (unpaired) electrons. The first-order valence-electron chi connectivity index (χ1n) is 5.27. The summed E-state index contributed by atoms with van der Waals surface area (Å²) >= 11 is 0. The van der Waals surface area contributed by atoms with Crippen LogP contribution >= 0.6 is 0 Å². The lowest BCUT2D eigenvalue weighted by Crippen LogP contribution is -2.41. The van der Waals surface area contributed by atoms with Gasteiger partial charge >= 0.3 is 5.97 Å². The standard InChI is InChI=1S/C11H21NO4S/c1-9(10(13)16-4)6-7-12-8-11(2,3)17(5,14)15/h6,12H,7-8H2,1-5H3. The number of hydrogen-bond acceptors (Lipinski definition) is 5. The van der Waals surface area contributed by atoms with Crippen LogP contribution in [0.3, 0.4) is 0 Å². The van der Waals surface area contributed by atoms with Crippen molar-refractivity contribution in [2.75, 3.05) is 26.5 Å². The fourth-order valence-electron chi connectivity index (χ4n) is 0.974. The number of ether oxygens (including phenoxy) is 1. The maximum atomic E-state index is 11.4. The van der Waals surface area contributed by atoms with Gasteiger partial charge in [0.25, 0.3) is 0 Å². The normalized spacial score (nSPS) is 13.6. The zero-order chi connectivity index (χ0) is 13.7. The average Bonchev–Trinajstić information content (AvgIpc) is 2.21. The second-order valence-corrected chi connectivity index (χ2v) is 7.19. The number of carbonyl (C=O) groups excluding carboxylic acids is 1. The minimum absolute atomic E-state index is 0.330. The molecule has 0 spiro atoms. The van der Waals surface area contributed by atoms with Gasteiger partial charge in [-0.2, -0.15) is 0 Å². The van der Waals surface area contributed by atoms with Gasteiger partial charge in [-0.25, -0.2) is 13.2 Å². The van der Waals surface area contributed by atoms with Crippen molar-refractivity contribution in [2.45, 2.75) is 25.5 Å². The van der Waals surface area contributed by atoms with Gasteiger partial charge in [-0.05, 0) is 20.8 Å². The van der Waals surface area contributed by atoms with Crippen molar-refractivity contribution in [3.05, 3.63) is 11.6 Å². The largest absolute Gasteiger partial charge is 0.466 e. The van der Waals surface area contributed by atoms with E-state index >= 15 is 0 Å². The molecule has 0 aromatic carbocycles. The van der Waals surface area contributed by atoms with Crippen molar-refractivity contribution < 1.29 is 17.9 Å². The van der Waals surface area contributed by atoms with E-state index in [1.54, 1.807) is 26.8 Å². The SMILES string of the molecule is COC(=O)C(C)=CCNCC(C)(C)S(C)(=O)=O. The van der Waals surface area contributed by atoms with E-state index in [4.69, 9.17) is 0 Å². The zero-order valence-electron chi connectivity index (χ0n) is 11.0. The van der Waals surface area contributed by atoms with Gasteiger partial charge in [0.15, 0.2) is 9.84 Å². The van der Waals surface area contributed by atoms with E-state index in [1.807, 2.05) is 0 Å². The molecule has 1 N–H and O–H groups in total.